The third-order valence-corrected chi connectivity index (χ3v) is 2.41. The SMILES string of the molecule is CNc1csc2cncnc12. The highest BCUT2D eigenvalue weighted by atomic mass is 32.1. The summed E-state index contributed by atoms with van der Waals surface area (Å²) in [7, 11) is 1.89. The Hall–Kier alpha value is -1.16. The zero-order chi connectivity index (χ0) is 7.68. The van der Waals surface area contributed by atoms with E-state index < -0.39 is 0 Å². The van der Waals surface area contributed by atoms with Gasteiger partial charge in [0.25, 0.3) is 0 Å². The van der Waals surface area contributed by atoms with Crippen molar-refractivity contribution >= 4 is 27.2 Å². The summed E-state index contributed by atoms with van der Waals surface area (Å²) < 4.78 is 1.12. The van der Waals surface area contributed by atoms with Crippen LogP contribution in [0.15, 0.2) is 17.9 Å². The molecule has 0 saturated carbocycles. The molecule has 2 rings (SSSR count). The molecule has 0 saturated heterocycles. The number of aromatic nitrogens is 2. The molecule has 0 aliphatic carbocycles. The van der Waals surface area contributed by atoms with Gasteiger partial charge in [-0.1, -0.05) is 0 Å². The summed E-state index contributed by atoms with van der Waals surface area (Å²) in [6.07, 6.45) is 3.39. The van der Waals surface area contributed by atoms with Crippen LogP contribution < -0.4 is 5.32 Å². The van der Waals surface area contributed by atoms with Crippen LogP contribution in [-0.2, 0) is 0 Å². The fraction of sp³-hybridized carbons (Fsp3) is 0.143. The molecule has 56 valence electrons. The fourth-order valence-electron chi connectivity index (χ4n) is 0.961. The molecule has 2 aromatic heterocycles. The number of nitrogens with one attached hydrogen (secondary N) is 1. The zero-order valence-corrected chi connectivity index (χ0v) is 6.85. The summed E-state index contributed by atoms with van der Waals surface area (Å²) >= 11 is 1.65. The number of thiophene rings is 1. The average Bonchev–Trinajstić information content (AvgIpc) is 2.47. The van der Waals surface area contributed by atoms with E-state index in [1.807, 2.05) is 18.6 Å². The third kappa shape index (κ3) is 0.952. The summed E-state index contributed by atoms with van der Waals surface area (Å²) in [6, 6.07) is 0. The summed E-state index contributed by atoms with van der Waals surface area (Å²) in [5.41, 5.74) is 2.08. The van der Waals surface area contributed by atoms with Crippen LogP contribution in [-0.4, -0.2) is 17.0 Å². The maximum Gasteiger partial charge on any atom is 0.116 e. The van der Waals surface area contributed by atoms with Gasteiger partial charge >= 0.3 is 0 Å². The van der Waals surface area contributed by atoms with E-state index in [-0.39, 0.29) is 0 Å². The topological polar surface area (TPSA) is 37.8 Å². The minimum atomic E-state index is 1.01. The molecular weight excluding hydrogens is 158 g/mol. The van der Waals surface area contributed by atoms with Crippen LogP contribution in [0.5, 0.6) is 0 Å². The van der Waals surface area contributed by atoms with E-state index in [4.69, 9.17) is 0 Å². The monoisotopic (exact) mass is 165 g/mol. The fourth-order valence-corrected chi connectivity index (χ4v) is 1.83. The highest BCUT2D eigenvalue weighted by Gasteiger charge is 2.01. The normalized spacial score (nSPS) is 10.3. The molecule has 0 atom stereocenters. The smallest absolute Gasteiger partial charge is 0.116 e. The van der Waals surface area contributed by atoms with E-state index in [0.717, 1.165) is 15.9 Å². The van der Waals surface area contributed by atoms with E-state index >= 15 is 0 Å². The van der Waals surface area contributed by atoms with Crippen LogP contribution in [0.25, 0.3) is 10.2 Å². The predicted octanol–water partition coefficient (Wildman–Crippen LogP) is 1.73. The van der Waals surface area contributed by atoms with Crippen molar-refractivity contribution in [1.82, 2.24) is 9.97 Å². The number of hydrogen-bond acceptors (Lipinski definition) is 4. The van der Waals surface area contributed by atoms with Crippen molar-refractivity contribution in [2.24, 2.45) is 0 Å². The van der Waals surface area contributed by atoms with Gasteiger partial charge in [0.05, 0.1) is 10.4 Å². The van der Waals surface area contributed by atoms with Gasteiger partial charge in [0, 0.05) is 18.6 Å². The lowest BCUT2D eigenvalue weighted by Gasteiger charge is -1.92. The van der Waals surface area contributed by atoms with Gasteiger partial charge in [-0.15, -0.1) is 11.3 Å². The molecule has 3 nitrogen and oxygen atoms in total. The van der Waals surface area contributed by atoms with Crippen LogP contribution in [0.3, 0.4) is 0 Å². The van der Waals surface area contributed by atoms with Gasteiger partial charge in [0.15, 0.2) is 0 Å². The standard InChI is InChI=1S/C7H7N3S/c1-8-5-3-11-6-2-9-4-10-7(5)6/h2-4,8H,1H3. The largest absolute Gasteiger partial charge is 0.386 e. The molecular formula is C7H7N3S. The van der Waals surface area contributed by atoms with Crippen molar-refractivity contribution in [3.63, 3.8) is 0 Å². The van der Waals surface area contributed by atoms with Gasteiger partial charge in [-0.25, -0.2) is 9.97 Å². The number of hydrogen-bond donors (Lipinski definition) is 1. The molecule has 0 spiro atoms. The van der Waals surface area contributed by atoms with Gasteiger partial charge in [-0.05, 0) is 0 Å². The number of nitrogens with zero attached hydrogens (tertiary/aromatic N) is 2. The van der Waals surface area contributed by atoms with Gasteiger partial charge in [0.2, 0.25) is 0 Å². The second-order valence-electron chi connectivity index (χ2n) is 2.13. The first-order valence-electron chi connectivity index (χ1n) is 3.27. The summed E-state index contributed by atoms with van der Waals surface area (Å²) in [4.78, 5) is 8.08. The first-order chi connectivity index (χ1) is 5.42. The van der Waals surface area contributed by atoms with E-state index in [0.29, 0.717) is 0 Å². The quantitative estimate of drug-likeness (QED) is 0.699. The molecule has 0 aromatic carbocycles. The molecule has 0 aliphatic heterocycles. The molecule has 1 N–H and O–H groups in total. The van der Waals surface area contributed by atoms with Crippen molar-refractivity contribution in [2.45, 2.75) is 0 Å². The van der Waals surface area contributed by atoms with Crippen molar-refractivity contribution in [3.05, 3.63) is 17.9 Å². The van der Waals surface area contributed by atoms with E-state index in [1.165, 1.54) is 0 Å². The van der Waals surface area contributed by atoms with Crippen molar-refractivity contribution in [2.75, 3.05) is 12.4 Å². The predicted molar refractivity (Wildman–Crippen MR) is 47.0 cm³/mol. The Balaban J connectivity index is 2.76. The Kier molecular flexibility index (Phi) is 1.47. The Labute approximate surface area is 68.1 Å². The van der Waals surface area contributed by atoms with Gasteiger partial charge < -0.3 is 5.32 Å². The molecule has 0 radical (unpaired) electrons. The molecule has 0 fully saturated rings. The maximum atomic E-state index is 4.15. The maximum absolute atomic E-state index is 4.15. The molecule has 2 aromatic rings. The molecule has 4 heteroatoms. The zero-order valence-electron chi connectivity index (χ0n) is 6.03. The first kappa shape index (κ1) is 6.54. The Morgan fingerprint density at radius 1 is 1.55 bits per heavy atom. The van der Waals surface area contributed by atoms with Crippen LogP contribution in [0.4, 0.5) is 5.69 Å². The highest BCUT2D eigenvalue weighted by molar-refractivity contribution is 7.17. The Morgan fingerprint density at radius 2 is 2.45 bits per heavy atom. The lowest BCUT2D eigenvalue weighted by Crippen LogP contribution is -1.86. The molecule has 0 amide bonds. The van der Waals surface area contributed by atoms with Crippen LogP contribution >= 0.6 is 11.3 Å². The van der Waals surface area contributed by atoms with Crippen molar-refractivity contribution in [1.29, 1.82) is 0 Å². The van der Waals surface area contributed by atoms with Crippen molar-refractivity contribution in [3.8, 4) is 0 Å². The minimum Gasteiger partial charge on any atom is -0.386 e. The number of rotatable bonds is 1. The van der Waals surface area contributed by atoms with E-state index in [9.17, 15) is 0 Å². The lowest BCUT2D eigenvalue weighted by atomic mass is 10.4. The molecule has 0 bridgehead atoms. The molecule has 11 heavy (non-hydrogen) atoms. The minimum absolute atomic E-state index is 1.01. The number of fused-ring (bicyclic) bond motifs is 1. The third-order valence-electron chi connectivity index (χ3n) is 1.51. The van der Waals surface area contributed by atoms with Gasteiger partial charge in [0.1, 0.15) is 11.8 Å². The van der Waals surface area contributed by atoms with Gasteiger partial charge in [-0.3, -0.25) is 0 Å². The molecule has 0 unspecified atom stereocenters. The Bertz CT molecular complexity index is 368. The highest BCUT2D eigenvalue weighted by Crippen LogP contribution is 2.26. The second-order valence-corrected chi connectivity index (χ2v) is 3.05. The molecule has 0 aliphatic rings. The summed E-state index contributed by atoms with van der Waals surface area (Å²) in [6.45, 7) is 0. The first-order valence-corrected chi connectivity index (χ1v) is 4.15. The Morgan fingerprint density at radius 3 is 3.27 bits per heavy atom. The average molecular weight is 165 g/mol. The van der Waals surface area contributed by atoms with Crippen LogP contribution in [0.2, 0.25) is 0 Å². The number of anilines is 1. The van der Waals surface area contributed by atoms with Crippen LogP contribution in [0.1, 0.15) is 0 Å². The van der Waals surface area contributed by atoms with Crippen LogP contribution in [0, 0.1) is 0 Å². The summed E-state index contributed by atoms with van der Waals surface area (Å²) in [5.74, 6) is 0. The molecule has 2 heterocycles. The van der Waals surface area contributed by atoms with Gasteiger partial charge in [-0.2, -0.15) is 0 Å². The second kappa shape index (κ2) is 2.47. The lowest BCUT2D eigenvalue weighted by molar-refractivity contribution is 1.23. The van der Waals surface area contributed by atoms with E-state index in [2.05, 4.69) is 15.3 Å². The summed E-state index contributed by atoms with van der Waals surface area (Å²) in [5, 5.41) is 5.11. The van der Waals surface area contributed by atoms with Crippen molar-refractivity contribution < 1.29 is 0 Å². The van der Waals surface area contributed by atoms with E-state index in [1.54, 1.807) is 17.7 Å².